The van der Waals surface area contributed by atoms with E-state index in [1.807, 2.05) is 4.90 Å². The molecule has 2 amide bonds. The Kier molecular flexibility index (Phi) is 5.17. The van der Waals surface area contributed by atoms with E-state index in [0.717, 1.165) is 12.8 Å². The van der Waals surface area contributed by atoms with Crippen LogP contribution in [0, 0.1) is 11.8 Å². The van der Waals surface area contributed by atoms with Crippen LogP contribution in [0.2, 0.25) is 0 Å². The van der Waals surface area contributed by atoms with Gasteiger partial charge in [-0.15, -0.1) is 0 Å². The van der Waals surface area contributed by atoms with Gasteiger partial charge in [0.25, 0.3) is 0 Å². The van der Waals surface area contributed by atoms with Crippen LogP contribution in [0.25, 0.3) is 0 Å². The second kappa shape index (κ2) is 6.89. The highest BCUT2D eigenvalue weighted by Crippen LogP contribution is 2.32. The third kappa shape index (κ3) is 4.17. The molecule has 1 saturated heterocycles. The number of carboxylic acids is 1. The Morgan fingerprint density at radius 3 is 2.29 bits per heavy atom. The summed E-state index contributed by atoms with van der Waals surface area (Å²) in [5, 5.41) is 11.5. The van der Waals surface area contributed by atoms with Crippen molar-refractivity contribution in [2.45, 2.75) is 31.7 Å². The van der Waals surface area contributed by atoms with E-state index < -0.39 is 12.0 Å². The van der Waals surface area contributed by atoms with Crippen molar-refractivity contribution in [1.29, 1.82) is 0 Å². The molecule has 2 aliphatic rings. The molecule has 0 aromatic rings. The molecular formula is C14H22N2O5. The molecule has 0 spiro atoms. The minimum absolute atomic E-state index is 0.0555. The average Bonchev–Trinajstić information content (AvgIpc) is 3.30. The van der Waals surface area contributed by atoms with E-state index in [9.17, 15) is 14.4 Å². The average molecular weight is 298 g/mol. The number of hydrogen-bond acceptors (Lipinski definition) is 4. The van der Waals surface area contributed by atoms with E-state index in [1.165, 1.54) is 7.11 Å². The third-order valence-corrected chi connectivity index (χ3v) is 4.05. The van der Waals surface area contributed by atoms with Crippen LogP contribution in [0.3, 0.4) is 0 Å². The van der Waals surface area contributed by atoms with Gasteiger partial charge < -0.3 is 20.1 Å². The van der Waals surface area contributed by atoms with Gasteiger partial charge in [0.1, 0.15) is 0 Å². The van der Waals surface area contributed by atoms with Gasteiger partial charge in [-0.3, -0.25) is 9.59 Å². The molecule has 21 heavy (non-hydrogen) atoms. The lowest BCUT2D eigenvalue weighted by atomic mass is 9.95. The molecule has 7 nitrogen and oxygen atoms in total. The molecule has 0 bridgehead atoms. The Morgan fingerprint density at radius 1 is 1.19 bits per heavy atom. The van der Waals surface area contributed by atoms with Crippen molar-refractivity contribution in [3.05, 3.63) is 0 Å². The molecule has 1 heterocycles. The number of nitrogens with zero attached hydrogens (tertiary/aromatic N) is 1. The van der Waals surface area contributed by atoms with Gasteiger partial charge in [-0.25, -0.2) is 4.79 Å². The van der Waals surface area contributed by atoms with E-state index in [1.54, 1.807) is 0 Å². The molecule has 0 aromatic carbocycles. The number of rotatable bonds is 6. The number of aliphatic carboxylic acids is 1. The lowest BCUT2D eigenvalue weighted by Gasteiger charge is -2.32. The van der Waals surface area contributed by atoms with E-state index in [4.69, 9.17) is 9.84 Å². The van der Waals surface area contributed by atoms with Crippen molar-refractivity contribution < 1.29 is 24.2 Å². The molecular weight excluding hydrogens is 276 g/mol. The molecule has 1 unspecified atom stereocenters. The molecule has 0 aromatic heterocycles. The monoisotopic (exact) mass is 298 g/mol. The van der Waals surface area contributed by atoms with Crippen molar-refractivity contribution in [1.82, 2.24) is 10.2 Å². The van der Waals surface area contributed by atoms with Crippen molar-refractivity contribution >= 4 is 17.8 Å². The molecule has 1 aliphatic carbocycles. The number of carbonyl (C=O) groups excluding carboxylic acids is 2. The maximum atomic E-state index is 12.1. The summed E-state index contributed by atoms with van der Waals surface area (Å²) in [5.41, 5.74) is 0. The first-order valence-corrected chi connectivity index (χ1v) is 7.33. The van der Waals surface area contributed by atoms with Crippen LogP contribution in [0.5, 0.6) is 0 Å². The fourth-order valence-electron chi connectivity index (χ4n) is 2.58. The quantitative estimate of drug-likeness (QED) is 0.711. The minimum Gasteiger partial charge on any atom is -0.480 e. The van der Waals surface area contributed by atoms with Gasteiger partial charge in [-0.2, -0.15) is 0 Å². The Bertz CT molecular complexity index is 414. The molecule has 0 radical (unpaired) electrons. The highest BCUT2D eigenvalue weighted by Gasteiger charge is 2.36. The summed E-state index contributed by atoms with van der Waals surface area (Å²) in [6.07, 6.45) is 3.14. The zero-order chi connectivity index (χ0) is 15.4. The lowest BCUT2D eigenvalue weighted by molar-refractivity contribution is -0.144. The van der Waals surface area contributed by atoms with Crippen LogP contribution in [0.4, 0.5) is 0 Å². The Morgan fingerprint density at radius 2 is 1.81 bits per heavy atom. The largest absolute Gasteiger partial charge is 0.480 e. The second-order valence-corrected chi connectivity index (χ2v) is 5.73. The molecule has 1 atom stereocenters. The van der Waals surface area contributed by atoms with Gasteiger partial charge >= 0.3 is 5.97 Å². The Balaban J connectivity index is 1.79. The van der Waals surface area contributed by atoms with Crippen molar-refractivity contribution in [3.8, 4) is 0 Å². The molecule has 2 rings (SSSR count). The van der Waals surface area contributed by atoms with Crippen molar-refractivity contribution in [2.75, 3.05) is 26.8 Å². The van der Waals surface area contributed by atoms with Gasteiger partial charge in [0.15, 0.2) is 6.04 Å². The zero-order valence-corrected chi connectivity index (χ0v) is 12.2. The van der Waals surface area contributed by atoms with Gasteiger partial charge in [0.05, 0.1) is 6.61 Å². The summed E-state index contributed by atoms with van der Waals surface area (Å²) in [5.74, 6) is -1.19. The molecule has 7 heteroatoms. The molecule has 2 N–H and O–H groups in total. The van der Waals surface area contributed by atoms with Crippen LogP contribution in [-0.2, 0) is 19.1 Å². The van der Waals surface area contributed by atoms with Gasteiger partial charge in [0, 0.05) is 32.0 Å². The number of amides is 2. The van der Waals surface area contributed by atoms with Crippen LogP contribution < -0.4 is 5.32 Å². The fraction of sp³-hybridized carbons (Fsp3) is 0.786. The lowest BCUT2D eigenvalue weighted by Crippen LogP contribution is -2.49. The first kappa shape index (κ1) is 15.8. The number of likely N-dealkylation sites (tertiary alicyclic amines) is 1. The number of hydrogen-bond donors (Lipinski definition) is 2. The van der Waals surface area contributed by atoms with Crippen LogP contribution in [0.15, 0.2) is 0 Å². The highest BCUT2D eigenvalue weighted by molar-refractivity contribution is 5.85. The number of piperidine rings is 1. The Labute approximate surface area is 123 Å². The van der Waals surface area contributed by atoms with Crippen molar-refractivity contribution in [2.24, 2.45) is 11.8 Å². The standard InChI is InChI=1S/C14H22N2O5/c1-21-8-11(14(19)20)15-12(17)9-4-6-16(7-5-9)13(18)10-2-3-10/h9-11H,2-8H2,1H3,(H,15,17)(H,19,20). The number of carboxylic acid groups (broad SMARTS) is 1. The number of ether oxygens (including phenoxy) is 1. The van der Waals surface area contributed by atoms with E-state index in [0.29, 0.717) is 25.9 Å². The van der Waals surface area contributed by atoms with E-state index >= 15 is 0 Å². The molecule has 1 aliphatic heterocycles. The van der Waals surface area contributed by atoms with Crippen LogP contribution >= 0.6 is 0 Å². The Hall–Kier alpha value is -1.63. The summed E-state index contributed by atoms with van der Waals surface area (Å²) in [6.45, 7) is 1.10. The smallest absolute Gasteiger partial charge is 0.328 e. The summed E-state index contributed by atoms with van der Waals surface area (Å²) in [6, 6.07) is -1.02. The number of nitrogens with one attached hydrogen (secondary N) is 1. The topological polar surface area (TPSA) is 95.9 Å². The first-order chi connectivity index (χ1) is 10.0. The first-order valence-electron chi connectivity index (χ1n) is 7.33. The molecule has 118 valence electrons. The summed E-state index contributed by atoms with van der Waals surface area (Å²) in [7, 11) is 1.39. The predicted molar refractivity (Wildman–Crippen MR) is 73.5 cm³/mol. The highest BCUT2D eigenvalue weighted by atomic mass is 16.5. The molecule has 1 saturated carbocycles. The summed E-state index contributed by atoms with van der Waals surface area (Å²) >= 11 is 0. The van der Waals surface area contributed by atoms with Crippen molar-refractivity contribution in [3.63, 3.8) is 0 Å². The zero-order valence-electron chi connectivity index (χ0n) is 12.2. The normalized spacial score (nSPS) is 20.9. The maximum absolute atomic E-state index is 12.1. The van der Waals surface area contributed by atoms with Crippen LogP contribution in [0.1, 0.15) is 25.7 Å². The molecule has 2 fully saturated rings. The third-order valence-electron chi connectivity index (χ3n) is 4.05. The second-order valence-electron chi connectivity index (χ2n) is 5.73. The maximum Gasteiger partial charge on any atom is 0.328 e. The van der Waals surface area contributed by atoms with Crippen LogP contribution in [-0.4, -0.2) is 60.6 Å². The van der Waals surface area contributed by atoms with Gasteiger partial charge in [0.2, 0.25) is 11.8 Å². The van der Waals surface area contributed by atoms with E-state index in [2.05, 4.69) is 5.32 Å². The van der Waals surface area contributed by atoms with Gasteiger partial charge in [-0.1, -0.05) is 0 Å². The summed E-state index contributed by atoms with van der Waals surface area (Å²) in [4.78, 5) is 36.8. The minimum atomic E-state index is -1.11. The number of methoxy groups -OCH3 is 1. The SMILES string of the molecule is COCC(NC(=O)C1CCN(C(=O)C2CC2)CC1)C(=O)O. The summed E-state index contributed by atoms with van der Waals surface area (Å²) < 4.78 is 4.79. The van der Waals surface area contributed by atoms with E-state index in [-0.39, 0.29) is 30.3 Å². The number of carbonyl (C=O) groups is 3. The van der Waals surface area contributed by atoms with Gasteiger partial charge in [-0.05, 0) is 25.7 Å². The predicted octanol–water partition coefficient (Wildman–Crippen LogP) is -0.149. The fourth-order valence-corrected chi connectivity index (χ4v) is 2.58.